The fourth-order valence-corrected chi connectivity index (χ4v) is 1.24. The summed E-state index contributed by atoms with van der Waals surface area (Å²) in [6, 6.07) is 5.36. The van der Waals surface area contributed by atoms with Crippen LogP contribution in [-0.2, 0) is 4.79 Å². The Balaban J connectivity index is 2.80. The van der Waals surface area contributed by atoms with E-state index in [1.165, 1.54) is 19.1 Å². The lowest BCUT2D eigenvalue weighted by Crippen LogP contribution is -2.18. The van der Waals surface area contributed by atoms with Crippen molar-refractivity contribution in [2.45, 2.75) is 19.7 Å². The average molecular weight is 258 g/mol. The molecule has 0 atom stereocenters. The maximum atomic E-state index is 12.0. The predicted molar refractivity (Wildman–Crippen MR) is 56.7 cm³/mol. The van der Waals surface area contributed by atoms with Crippen molar-refractivity contribution in [3.05, 3.63) is 23.8 Å². The topological polar surface area (TPSA) is 62.1 Å². The molecule has 1 aromatic carbocycles. The summed E-state index contributed by atoms with van der Waals surface area (Å²) in [6.45, 7) is 1.42. The van der Waals surface area contributed by atoms with Crippen molar-refractivity contribution in [3.63, 3.8) is 0 Å². The minimum Gasteiger partial charge on any atom is -0.406 e. The second-order valence-electron chi connectivity index (χ2n) is 3.41. The molecular weight excluding hydrogens is 249 g/mol. The van der Waals surface area contributed by atoms with Crippen LogP contribution in [0.25, 0.3) is 0 Å². The number of rotatable bonds is 3. The second-order valence-corrected chi connectivity index (χ2v) is 3.41. The number of halogens is 3. The Morgan fingerprint density at radius 3 is 2.67 bits per heavy atom. The van der Waals surface area contributed by atoms with E-state index in [0.29, 0.717) is 5.69 Å². The molecule has 18 heavy (non-hydrogen) atoms. The molecule has 96 valence electrons. The zero-order valence-corrected chi connectivity index (χ0v) is 9.34. The van der Waals surface area contributed by atoms with Crippen LogP contribution in [0.1, 0.15) is 12.0 Å². The van der Waals surface area contributed by atoms with Gasteiger partial charge in [0.05, 0.1) is 6.07 Å². The van der Waals surface area contributed by atoms with Gasteiger partial charge in [-0.1, -0.05) is 0 Å². The highest BCUT2D eigenvalue weighted by Gasteiger charge is 2.31. The van der Waals surface area contributed by atoms with Crippen molar-refractivity contribution in [2.24, 2.45) is 0 Å². The summed E-state index contributed by atoms with van der Waals surface area (Å²) in [7, 11) is 0. The number of nitrogens with one attached hydrogen (secondary N) is 1. The molecule has 1 amide bonds. The number of carbonyl (C=O) groups excluding carboxylic acids is 1. The Kier molecular flexibility index (Phi) is 4.15. The van der Waals surface area contributed by atoms with Crippen molar-refractivity contribution in [1.29, 1.82) is 5.26 Å². The summed E-state index contributed by atoms with van der Waals surface area (Å²) in [5, 5.41) is 10.7. The maximum Gasteiger partial charge on any atom is 0.573 e. The smallest absolute Gasteiger partial charge is 0.406 e. The molecule has 0 bridgehead atoms. The van der Waals surface area contributed by atoms with Crippen LogP contribution in [0, 0.1) is 18.3 Å². The summed E-state index contributed by atoms with van der Waals surface area (Å²) in [5.41, 5.74) is 0.532. The van der Waals surface area contributed by atoms with Crippen molar-refractivity contribution in [1.82, 2.24) is 0 Å². The lowest BCUT2D eigenvalue weighted by Gasteiger charge is -2.12. The Morgan fingerprint density at radius 1 is 1.50 bits per heavy atom. The van der Waals surface area contributed by atoms with Gasteiger partial charge in [-0.3, -0.25) is 4.79 Å². The summed E-state index contributed by atoms with van der Waals surface area (Å²) in [4.78, 5) is 11.1. The van der Waals surface area contributed by atoms with E-state index in [9.17, 15) is 18.0 Å². The standard InChI is InChI=1S/C11H9F3N2O2/c1-7-6-8(16-10(17)4-5-15)2-3-9(7)18-11(12,13)14/h2-3,6H,4H2,1H3,(H,16,17). The van der Waals surface area contributed by atoms with E-state index < -0.39 is 12.3 Å². The molecule has 0 radical (unpaired) electrons. The van der Waals surface area contributed by atoms with Gasteiger partial charge in [0, 0.05) is 5.69 Å². The first-order chi connectivity index (χ1) is 8.31. The monoisotopic (exact) mass is 258 g/mol. The van der Waals surface area contributed by atoms with Gasteiger partial charge in [0.1, 0.15) is 12.2 Å². The molecule has 0 spiro atoms. The number of hydrogen-bond acceptors (Lipinski definition) is 3. The van der Waals surface area contributed by atoms with Crippen LogP contribution in [0.15, 0.2) is 18.2 Å². The first kappa shape index (κ1) is 13.8. The van der Waals surface area contributed by atoms with Gasteiger partial charge >= 0.3 is 6.36 Å². The van der Waals surface area contributed by atoms with Gasteiger partial charge in [0.15, 0.2) is 0 Å². The van der Waals surface area contributed by atoms with Gasteiger partial charge in [-0.15, -0.1) is 13.2 Å². The molecule has 0 saturated carbocycles. The molecule has 0 saturated heterocycles. The number of hydrogen-bond donors (Lipinski definition) is 1. The fourth-order valence-electron chi connectivity index (χ4n) is 1.24. The van der Waals surface area contributed by atoms with Gasteiger partial charge in [0.25, 0.3) is 0 Å². The van der Waals surface area contributed by atoms with Crippen molar-refractivity contribution in [2.75, 3.05) is 5.32 Å². The third-order valence-electron chi connectivity index (χ3n) is 1.92. The van der Waals surface area contributed by atoms with Crippen LogP contribution in [0.5, 0.6) is 5.75 Å². The fraction of sp³-hybridized carbons (Fsp3) is 0.273. The Bertz CT molecular complexity index is 492. The Labute approximate surface area is 101 Å². The van der Waals surface area contributed by atoms with Gasteiger partial charge in [-0.2, -0.15) is 5.26 Å². The largest absolute Gasteiger partial charge is 0.573 e. The number of nitrogens with zero attached hydrogens (tertiary/aromatic N) is 1. The predicted octanol–water partition coefficient (Wildman–Crippen LogP) is 2.75. The van der Waals surface area contributed by atoms with E-state index in [2.05, 4.69) is 10.1 Å². The van der Waals surface area contributed by atoms with Gasteiger partial charge < -0.3 is 10.1 Å². The molecule has 1 N–H and O–H groups in total. The number of aryl methyl sites for hydroxylation is 1. The van der Waals surface area contributed by atoms with E-state index in [4.69, 9.17) is 5.26 Å². The molecule has 4 nitrogen and oxygen atoms in total. The number of benzene rings is 1. The number of alkyl halides is 3. The second kappa shape index (κ2) is 5.40. The van der Waals surface area contributed by atoms with Crippen LogP contribution >= 0.6 is 0 Å². The number of anilines is 1. The summed E-state index contributed by atoms with van der Waals surface area (Å²) in [6.07, 6.45) is -5.07. The molecule has 0 aliphatic heterocycles. The van der Waals surface area contributed by atoms with Crippen LogP contribution in [0.4, 0.5) is 18.9 Å². The minimum absolute atomic E-state index is 0.224. The van der Waals surface area contributed by atoms with Crippen LogP contribution in [0.2, 0.25) is 0 Å². The first-order valence-corrected chi connectivity index (χ1v) is 4.85. The Morgan fingerprint density at radius 2 is 2.17 bits per heavy atom. The molecule has 0 fully saturated rings. The van der Waals surface area contributed by atoms with Crippen molar-refractivity contribution < 1.29 is 22.7 Å². The molecule has 1 rings (SSSR count). The summed E-state index contributed by atoms with van der Waals surface area (Å²) >= 11 is 0. The molecule has 0 aliphatic rings. The molecule has 7 heteroatoms. The molecule has 0 unspecified atom stereocenters. The number of nitriles is 1. The third kappa shape index (κ3) is 4.33. The van der Waals surface area contributed by atoms with Crippen molar-refractivity contribution in [3.8, 4) is 11.8 Å². The minimum atomic E-state index is -4.75. The van der Waals surface area contributed by atoms with Crippen LogP contribution < -0.4 is 10.1 Å². The number of ether oxygens (including phenoxy) is 1. The lowest BCUT2D eigenvalue weighted by molar-refractivity contribution is -0.274. The molecule has 0 heterocycles. The van der Waals surface area contributed by atoms with Gasteiger partial charge in [-0.05, 0) is 30.7 Å². The average Bonchev–Trinajstić information content (AvgIpc) is 2.21. The van der Waals surface area contributed by atoms with E-state index in [0.717, 1.165) is 6.07 Å². The first-order valence-electron chi connectivity index (χ1n) is 4.85. The van der Waals surface area contributed by atoms with Gasteiger partial charge in [0.2, 0.25) is 5.91 Å². The van der Waals surface area contributed by atoms with Crippen molar-refractivity contribution >= 4 is 11.6 Å². The quantitative estimate of drug-likeness (QED) is 0.906. The zero-order valence-electron chi connectivity index (χ0n) is 9.34. The van der Waals surface area contributed by atoms with Crippen LogP contribution in [-0.4, -0.2) is 12.3 Å². The van der Waals surface area contributed by atoms with Gasteiger partial charge in [-0.25, -0.2) is 0 Å². The number of amides is 1. The van der Waals surface area contributed by atoms with E-state index >= 15 is 0 Å². The molecular formula is C11H9F3N2O2. The third-order valence-corrected chi connectivity index (χ3v) is 1.92. The Hall–Kier alpha value is -2.23. The van der Waals surface area contributed by atoms with E-state index in [1.54, 1.807) is 6.07 Å². The SMILES string of the molecule is Cc1cc(NC(=O)CC#N)ccc1OC(F)(F)F. The summed E-state index contributed by atoms with van der Waals surface area (Å²) < 4.78 is 39.8. The molecule has 0 aliphatic carbocycles. The highest BCUT2D eigenvalue weighted by molar-refractivity contribution is 5.92. The van der Waals surface area contributed by atoms with E-state index in [-0.39, 0.29) is 17.7 Å². The zero-order chi connectivity index (χ0) is 13.8. The van der Waals surface area contributed by atoms with Crippen LogP contribution in [0.3, 0.4) is 0 Å². The molecule has 1 aromatic rings. The maximum absolute atomic E-state index is 12.0. The summed E-state index contributed by atoms with van der Waals surface area (Å²) in [5.74, 6) is -0.859. The highest BCUT2D eigenvalue weighted by atomic mass is 19.4. The highest BCUT2D eigenvalue weighted by Crippen LogP contribution is 2.27. The number of carbonyl (C=O) groups is 1. The normalized spacial score (nSPS) is 10.6. The lowest BCUT2D eigenvalue weighted by atomic mass is 10.2. The van der Waals surface area contributed by atoms with E-state index in [1.807, 2.05) is 0 Å². The molecule has 0 aromatic heterocycles.